The minimum atomic E-state index is -1.72. The van der Waals surface area contributed by atoms with Gasteiger partial charge in [-0.2, -0.15) is 0 Å². The van der Waals surface area contributed by atoms with Crippen molar-refractivity contribution in [3.05, 3.63) is 139 Å². The SMILES string of the molecule is Fc1cc(-c2ccccc2)cc2c1oc1cc(-c3cc(CC4CC5CCC4CC5)ccn3)[c-]cc12.[CH3][Ge]([CH3])([CH3])[c]1ccc(-c2[c-]cccc2)nc1.[Ir]. The number of aromatic nitrogens is 2. The van der Waals surface area contributed by atoms with Gasteiger partial charge in [-0.25, -0.2) is 4.39 Å². The summed E-state index contributed by atoms with van der Waals surface area (Å²) in [6.45, 7) is 0. The molecule has 2 bridgehead atoms. The molecule has 3 aliphatic rings. The van der Waals surface area contributed by atoms with Crippen LogP contribution in [0.4, 0.5) is 4.39 Å². The number of fused-ring (bicyclic) bond motifs is 6. The van der Waals surface area contributed by atoms with Gasteiger partial charge >= 0.3 is 99.8 Å². The third-order valence-electron chi connectivity index (χ3n) is 11.0. The maximum Gasteiger partial charge on any atom is 0 e. The van der Waals surface area contributed by atoms with Gasteiger partial charge in [0, 0.05) is 26.3 Å². The van der Waals surface area contributed by atoms with E-state index in [0.29, 0.717) is 11.2 Å². The van der Waals surface area contributed by atoms with E-state index < -0.39 is 13.3 Å². The summed E-state index contributed by atoms with van der Waals surface area (Å²) in [5.74, 6) is 9.44. The van der Waals surface area contributed by atoms with Crippen molar-refractivity contribution < 1.29 is 28.9 Å². The van der Waals surface area contributed by atoms with Crippen LogP contribution >= 0.6 is 0 Å². The van der Waals surface area contributed by atoms with E-state index >= 15 is 4.39 Å². The quantitative estimate of drug-likeness (QED) is 0.123. The Bertz CT molecular complexity index is 2270. The van der Waals surface area contributed by atoms with Gasteiger partial charge in [0.1, 0.15) is 0 Å². The fraction of sp³-hybridized carbons (Fsp3) is 0.261. The maximum atomic E-state index is 15.0. The summed E-state index contributed by atoms with van der Waals surface area (Å²) in [6, 6.07) is 40.5. The molecular formula is C46H43FGeIrN2O-2. The summed E-state index contributed by atoms with van der Waals surface area (Å²) >= 11 is -1.72. The van der Waals surface area contributed by atoms with Crippen molar-refractivity contribution in [2.75, 3.05) is 0 Å². The van der Waals surface area contributed by atoms with E-state index in [4.69, 9.17) is 4.42 Å². The molecule has 52 heavy (non-hydrogen) atoms. The van der Waals surface area contributed by atoms with Crippen molar-refractivity contribution in [3.63, 3.8) is 0 Å². The number of benzene rings is 4. The second-order valence-corrected chi connectivity index (χ2v) is 26.1. The van der Waals surface area contributed by atoms with Gasteiger partial charge in [0.05, 0.1) is 5.58 Å². The molecule has 3 saturated carbocycles. The summed E-state index contributed by atoms with van der Waals surface area (Å²) in [7, 11) is 0. The molecule has 7 aromatic rings. The minimum absolute atomic E-state index is 0. The number of rotatable bonds is 6. The Morgan fingerprint density at radius 2 is 1.58 bits per heavy atom. The largest absolute Gasteiger partial charge is 0 e. The monoisotopic (exact) mass is 925 g/mol. The predicted octanol–water partition coefficient (Wildman–Crippen LogP) is 11.7. The first-order valence-electron chi connectivity index (χ1n) is 18.3. The Hall–Kier alpha value is -3.90. The van der Waals surface area contributed by atoms with E-state index in [2.05, 4.69) is 63.6 Å². The third kappa shape index (κ3) is 7.88. The van der Waals surface area contributed by atoms with Crippen LogP contribution in [0.3, 0.4) is 0 Å². The molecule has 0 N–H and O–H groups in total. The Morgan fingerprint density at radius 3 is 2.27 bits per heavy atom. The number of hydrogen-bond donors (Lipinski definition) is 0. The number of nitrogens with zero attached hydrogens (tertiary/aromatic N) is 2. The molecule has 0 aliphatic heterocycles. The second-order valence-electron chi connectivity index (χ2n) is 15.4. The van der Waals surface area contributed by atoms with Gasteiger partial charge in [-0.3, -0.25) is 0 Å². The van der Waals surface area contributed by atoms with Gasteiger partial charge in [-0.15, -0.1) is 17.7 Å². The summed E-state index contributed by atoms with van der Waals surface area (Å²) in [5.41, 5.74) is 7.98. The van der Waals surface area contributed by atoms with E-state index in [-0.39, 0.29) is 25.9 Å². The summed E-state index contributed by atoms with van der Waals surface area (Å²) in [4.78, 5) is 9.17. The van der Waals surface area contributed by atoms with Crippen LogP contribution < -0.4 is 4.40 Å². The Kier molecular flexibility index (Phi) is 10.9. The van der Waals surface area contributed by atoms with E-state index in [1.165, 1.54) is 42.1 Å². The molecule has 3 aromatic heterocycles. The van der Waals surface area contributed by atoms with E-state index in [0.717, 1.165) is 68.6 Å². The zero-order chi connectivity index (χ0) is 35.0. The second kappa shape index (κ2) is 15.6. The normalized spacial score (nSPS) is 18.1. The molecule has 4 aromatic carbocycles. The van der Waals surface area contributed by atoms with Crippen LogP contribution in [0, 0.1) is 35.7 Å². The van der Waals surface area contributed by atoms with Crippen LogP contribution in [-0.4, -0.2) is 23.2 Å². The number of pyridine rings is 2. The molecule has 265 valence electrons. The Morgan fingerprint density at radius 1 is 0.769 bits per heavy atom. The molecule has 3 fully saturated rings. The first-order chi connectivity index (χ1) is 24.8. The molecule has 0 saturated heterocycles. The van der Waals surface area contributed by atoms with Crippen molar-refractivity contribution in [2.24, 2.45) is 17.8 Å². The molecule has 1 radical (unpaired) electrons. The predicted molar refractivity (Wildman–Crippen MR) is 210 cm³/mol. The molecule has 0 spiro atoms. The Labute approximate surface area is 322 Å². The van der Waals surface area contributed by atoms with Gasteiger partial charge in [0.15, 0.2) is 11.4 Å². The van der Waals surface area contributed by atoms with Gasteiger partial charge in [-0.05, 0) is 77.8 Å². The average Bonchev–Trinajstić information content (AvgIpc) is 3.55. The molecule has 10 rings (SSSR count). The first kappa shape index (κ1) is 36.5. The van der Waals surface area contributed by atoms with Crippen molar-refractivity contribution in [2.45, 2.75) is 55.8 Å². The Balaban J connectivity index is 0.000000209. The van der Waals surface area contributed by atoms with Crippen molar-refractivity contribution in [3.8, 4) is 33.6 Å². The van der Waals surface area contributed by atoms with Crippen LogP contribution in [0.25, 0.3) is 55.6 Å². The van der Waals surface area contributed by atoms with Gasteiger partial charge < -0.3 is 9.40 Å². The number of furan rings is 1. The molecule has 3 aliphatic carbocycles. The standard InChI is InChI=1S/C32H27FNO.C14H16GeN.Ir/c33-29-18-26(22-4-2-1-3-5-22)17-28-27-11-10-24(19-31(27)35-32(28)29)30-16-21(12-13-34-30)15-25-14-20-6-8-23(25)9-7-20;1-15(2,3)13-9-10-14(16-11-13)12-7-5-4-6-8-12;/h1-5,11-13,16-20,23,25H,6-9,14-15H2;4-7,9-11H,1-3H3;/q2*-1;. The van der Waals surface area contributed by atoms with E-state index in [9.17, 15) is 0 Å². The van der Waals surface area contributed by atoms with E-state index in [1.54, 1.807) is 6.07 Å². The van der Waals surface area contributed by atoms with Crippen molar-refractivity contribution >= 4 is 39.6 Å². The van der Waals surface area contributed by atoms with Crippen LogP contribution in [0.15, 0.2) is 120 Å². The van der Waals surface area contributed by atoms with Gasteiger partial charge in [0.25, 0.3) is 0 Å². The van der Waals surface area contributed by atoms with Crippen LogP contribution in [0.1, 0.15) is 37.7 Å². The fourth-order valence-corrected chi connectivity index (χ4v) is 10.3. The molecule has 0 amide bonds. The summed E-state index contributed by atoms with van der Waals surface area (Å²) in [5, 5.41) is 1.64. The third-order valence-corrected chi connectivity index (χ3v) is 15.2. The first-order valence-corrected chi connectivity index (χ1v) is 25.6. The molecule has 3 heterocycles. The zero-order valence-electron chi connectivity index (χ0n) is 30.0. The zero-order valence-corrected chi connectivity index (χ0v) is 34.5. The molecule has 6 heteroatoms. The molecule has 1 unspecified atom stereocenters. The number of halogens is 1. The van der Waals surface area contributed by atoms with Crippen LogP contribution in [-0.2, 0) is 26.5 Å². The van der Waals surface area contributed by atoms with Gasteiger partial charge in [-0.1, -0.05) is 72.3 Å². The van der Waals surface area contributed by atoms with Crippen molar-refractivity contribution in [1.29, 1.82) is 0 Å². The van der Waals surface area contributed by atoms with Gasteiger partial charge in [0.2, 0.25) is 0 Å². The van der Waals surface area contributed by atoms with Crippen molar-refractivity contribution in [1.82, 2.24) is 9.97 Å². The minimum Gasteiger partial charge on any atom is 0 e. The molecule has 3 nitrogen and oxygen atoms in total. The average molecular weight is 924 g/mol. The smallest absolute Gasteiger partial charge is 0 e. The molecule has 1 atom stereocenters. The summed E-state index contributed by atoms with van der Waals surface area (Å²) < 4.78 is 22.5. The van der Waals surface area contributed by atoms with Crippen LogP contribution in [0.2, 0.25) is 17.3 Å². The topological polar surface area (TPSA) is 38.9 Å². The fourth-order valence-electron chi connectivity index (χ4n) is 8.09. The maximum absolute atomic E-state index is 15.0. The van der Waals surface area contributed by atoms with E-state index in [1.807, 2.05) is 85.2 Å². The molecular weight excluding hydrogens is 880 g/mol. The number of hydrogen-bond acceptors (Lipinski definition) is 3. The summed E-state index contributed by atoms with van der Waals surface area (Å²) in [6.07, 6.45) is 12.2. The van der Waals surface area contributed by atoms with Crippen LogP contribution in [0.5, 0.6) is 0 Å².